The molecule has 0 bridgehead atoms. The van der Waals surface area contributed by atoms with E-state index in [0.717, 1.165) is 51.2 Å². The molecule has 0 atom stereocenters. The van der Waals surface area contributed by atoms with Gasteiger partial charge in [0.25, 0.3) is 0 Å². The number of hydrogen-bond donors (Lipinski definition) is 3. The molecule has 0 aromatic heterocycles. The molecule has 28 heavy (non-hydrogen) atoms. The molecule has 0 saturated carbocycles. The molecule has 0 aliphatic carbocycles. The number of sulfonamides is 1. The summed E-state index contributed by atoms with van der Waals surface area (Å²) >= 11 is 0. The minimum atomic E-state index is -3.80. The van der Waals surface area contributed by atoms with E-state index in [1.807, 2.05) is 0 Å². The zero-order valence-corrected chi connectivity index (χ0v) is 16.5. The Kier molecular flexibility index (Phi) is 6.56. The topological polar surface area (TPSA) is 122 Å². The number of hydrogen-bond acceptors (Lipinski definition) is 7. The number of aliphatic hydroxyl groups is 1. The Morgan fingerprint density at radius 1 is 1.07 bits per heavy atom. The number of aliphatic hydroxyl groups excluding tert-OH is 1. The third kappa shape index (κ3) is 4.47. The van der Waals surface area contributed by atoms with Gasteiger partial charge < -0.3 is 15.3 Å². The predicted octanol–water partition coefficient (Wildman–Crippen LogP) is -0.147. The quantitative estimate of drug-likeness (QED) is 0.589. The van der Waals surface area contributed by atoms with Crippen LogP contribution in [0.1, 0.15) is 23.2 Å². The molecular formula is C18H27N3O6S. The summed E-state index contributed by atoms with van der Waals surface area (Å²) in [5, 5.41) is 27.7. The van der Waals surface area contributed by atoms with Gasteiger partial charge in [-0.25, -0.2) is 13.2 Å². The Balaban J connectivity index is 1.61. The molecule has 156 valence electrons. The summed E-state index contributed by atoms with van der Waals surface area (Å²) in [6.07, 6.45) is 1.45. The van der Waals surface area contributed by atoms with Crippen LogP contribution in [0, 0.1) is 0 Å². The Labute approximate surface area is 164 Å². The van der Waals surface area contributed by atoms with Crippen molar-refractivity contribution in [1.82, 2.24) is 14.1 Å². The first-order chi connectivity index (χ1) is 13.3. The molecule has 3 rings (SSSR count). The molecule has 2 heterocycles. The number of nitrogens with zero attached hydrogens (tertiary/aromatic N) is 3. The largest absolute Gasteiger partial charge is 0.507 e. The number of carboxylic acid groups (broad SMARTS) is 1. The van der Waals surface area contributed by atoms with Crippen LogP contribution in [0.4, 0.5) is 0 Å². The maximum atomic E-state index is 12.9. The van der Waals surface area contributed by atoms with Gasteiger partial charge in [-0.3, -0.25) is 9.80 Å². The van der Waals surface area contributed by atoms with Crippen molar-refractivity contribution in [3.05, 3.63) is 23.8 Å². The lowest BCUT2D eigenvalue weighted by molar-refractivity contribution is 0.0645. The second kappa shape index (κ2) is 8.75. The monoisotopic (exact) mass is 413 g/mol. The van der Waals surface area contributed by atoms with Crippen LogP contribution in [0.3, 0.4) is 0 Å². The van der Waals surface area contributed by atoms with Gasteiger partial charge in [0.05, 0.1) is 11.5 Å². The smallest absolute Gasteiger partial charge is 0.339 e. The van der Waals surface area contributed by atoms with E-state index in [4.69, 9.17) is 10.2 Å². The van der Waals surface area contributed by atoms with Crippen LogP contribution in [-0.2, 0) is 10.0 Å². The van der Waals surface area contributed by atoms with Crippen LogP contribution in [0.15, 0.2) is 23.1 Å². The molecule has 0 radical (unpaired) electrons. The standard InChI is InChI=1S/C18H27N3O6S/c22-12-11-19-7-9-20(10-8-19)14-3-5-21(6-4-14)28(26,27)15-1-2-17(23)16(13-15)18(24)25/h1-2,13-14,22-23H,3-12H2,(H,24,25). The van der Waals surface area contributed by atoms with E-state index >= 15 is 0 Å². The Bertz CT molecular complexity index is 800. The maximum absolute atomic E-state index is 12.9. The molecule has 2 aliphatic heterocycles. The highest BCUT2D eigenvalue weighted by Crippen LogP contribution is 2.27. The van der Waals surface area contributed by atoms with Gasteiger partial charge in [0.2, 0.25) is 10.0 Å². The van der Waals surface area contributed by atoms with Crippen molar-refractivity contribution in [2.24, 2.45) is 0 Å². The lowest BCUT2D eigenvalue weighted by atomic mass is 10.0. The Morgan fingerprint density at radius 3 is 2.29 bits per heavy atom. The van der Waals surface area contributed by atoms with Crippen molar-refractivity contribution in [2.75, 3.05) is 52.4 Å². The van der Waals surface area contributed by atoms with Crippen molar-refractivity contribution >= 4 is 16.0 Å². The van der Waals surface area contributed by atoms with Crippen LogP contribution in [-0.4, -0.2) is 102 Å². The molecule has 0 amide bonds. The van der Waals surface area contributed by atoms with Gasteiger partial charge in [0.15, 0.2) is 0 Å². The third-order valence-electron chi connectivity index (χ3n) is 5.60. The van der Waals surface area contributed by atoms with Crippen molar-refractivity contribution in [1.29, 1.82) is 0 Å². The molecule has 10 heteroatoms. The highest BCUT2D eigenvalue weighted by molar-refractivity contribution is 7.89. The SMILES string of the molecule is O=C(O)c1cc(S(=O)(=O)N2CCC(N3CCN(CCO)CC3)CC2)ccc1O. The summed E-state index contributed by atoms with van der Waals surface area (Å²) < 4.78 is 27.1. The van der Waals surface area contributed by atoms with Crippen LogP contribution in [0.2, 0.25) is 0 Å². The van der Waals surface area contributed by atoms with E-state index in [2.05, 4.69) is 9.80 Å². The number of carbonyl (C=O) groups is 1. The molecule has 2 aliphatic rings. The number of benzene rings is 1. The average molecular weight is 413 g/mol. The van der Waals surface area contributed by atoms with Crippen LogP contribution >= 0.6 is 0 Å². The fourth-order valence-corrected chi connectivity index (χ4v) is 5.43. The Morgan fingerprint density at radius 2 is 1.71 bits per heavy atom. The number of carboxylic acids is 1. The van der Waals surface area contributed by atoms with E-state index in [9.17, 15) is 18.3 Å². The first-order valence-corrected chi connectivity index (χ1v) is 10.9. The number of piperidine rings is 1. The van der Waals surface area contributed by atoms with Crippen LogP contribution in [0.25, 0.3) is 0 Å². The van der Waals surface area contributed by atoms with Crippen molar-refractivity contribution in [3.8, 4) is 5.75 Å². The minimum Gasteiger partial charge on any atom is -0.507 e. The minimum absolute atomic E-state index is 0.112. The van der Waals surface area contributed by atoms with Gasteiger partial charge in [-0.15, -0.1) is 0 Å². The lowest BCUT2D eigenvalue weighted by Crippen LogP contribution is -2.54. The number of β-amino-alcohol motifs (C(OH)–C–C–N with tert-alkyl or cyclic N) is 1. The summed E-state index contributed by atoms with van der Waals surface area (Å²) in [6.45, 7) is 5.26. The van der Waals surface area contributed by atoms with Crippen molar-refractivity contribution < 1.29 is 28.5 Å². The fourth-order valence-electron chi connectivity index (χ4n) is 3.94. The highest BCUT2D eigenvalue weighted by atomic mass is 32.2. The Hall–Kier alpha value is -1.72. The number of aromatic hydroxyl groups is 1. The van der Waals surface area contributed by atoms with Gasteiger partial charge in [-0.1, -0.05) is 0 Å². The molecule has 9 nitrogen and oxygen atoms in total. The normalized spacial score (nSPS) is 21.0. The summed E-state index contributed by atoms with van der Waals surface area (Å²) in [6, 6.07) is 3.69. The van der Waals surface area contributed by atoms with Gasteiger partial charge in [0, 0.05) is 51.9 Å². The second-order valence-electron chi connectivity index (χ2n) is 7.22. The summed E-state index contributed by atoms with van der Waals surface area (Å²) in [7, 11) is -3.80. The van der Waals surface area contributed by atoms with Gasteiger partial charge >= 0.3 is 5.97 Å². The second-order valence-corrected chi connectivity index (χ2v) is 9.16. The average Bonchev–Trinajstić information content (AvgIpc) is 2.69. The molecule has 2 saturated heterocycles. The molecule has 1 aromatic rings. The first kappa shape index (κ1) is 21.0. The predicted molar refractivity (Wildman–Crippen MR) is 102 cm³/mol. The zero-order chi connectivity index (χ0) is 20.3. The van der Waals surface area contributed by atoms with Gasteiger partial charge in [-0.05, 0) is 31.0 Å². The maximum Gasteiger partial charge on any atom is 0.339 e. The molecule has 0 spiro atoms. The highest BCUT2D eigenvalue weighted by Gasteiger charge is 2.33. The summed E-state index contributed by atoms with van der Waals surface area (Å²) in [5.41, 5.74) is -0.420. The zero-order valence-electron chi connectivity index (χ0n) is 15.7. The van der Waals surface area contributed by atoms with Gasteiger partial charge in [0.1, 0.15) is 11.3 Å². The molecular weight excluding hydrogens is 386 g/mol. The molecule has 0 unspecified atom stereocenters. The fraction of sp³-hybridized carbons (Fsp3) is 0.611. The van der Waals surface area contributed by atoms with E-state index in [1.54, 1.807) is 0 Å². The summed E-state index contributed by atoms with van der Waals surface area (Å²) in [5.74, 6) is -1.82. The molecule has 1 aromatic carbocycles. The number of rotatable bonds is 6. The molecule has 2 fully saturated rings. The lowest BCUT2D eigenvalue weighted by Gasteiger charge is -2.42. The third-order valence-corrected chi connectivity index (χ3v) is 7.49. The van der Waals surface area contributed by atoms with Crippen molar-refractivity contribution in [3.63, 3.8) is 0 Å². The number of phenols is 1. The van der Waals surface area contributed by atoms with E-state index < -0.39 is 27.3 Å². The van der Waals surface area contributed by atoms with E-state index in [-0.39, 0.29) is 11.5 Å². The van der Waals surface area contributed by atoms with E-state index in [1.165, 1.54) is 10.4 Å². The number of piperazine rings is 1. The van der Waals surface area contributed by atoms with Crippen LogP contribution in [0.5, 0.6) is 5.75 Å². The molecule has 3 N–H and O–H groups in total. The van der Waals surface area contributed by atoms with Crippen LogP contribution < -0.4 is 0 Å². The van der Waals surface area contributed by atoms with Crippen molar-refractivity contribution in [2.45, 2.75) is 23.8 Å². The van der Waals surface area contributed by atoms with E-state index in [0.29, 0.717) is 25.7 Å². The first-order valence-electron chi connectivity index (χ1n) is 9.46. The number of aromatic carboxylic acids is 1. The van der Waals surface area contributed by atoms with Gasteiger partial charge in [-0.2, -0.15) is 4.31 Å². The summed E-state index contributed by atoms with van der Waals surface area (Å²) in [4.78, 5) is 15.7.